The van der Waals surface area contributed by atoms with Gasteiger partial charge in [-0.25, -0.2) is 9.59 Å². The van der Waals surface area contributed by atoms with Crippen molar-refractivity contribution in [1.82, 2.24) is 4.90 Å². The summed E-state index contributed by atoms with van der Waals surface area (Å²) >= 11 is 0. The summed E-state index contributed by atoms with van der Waals surface area (Å²) < 4.78 is 5.02. The molecule has 0 saturated carbocycles. The Bertz CT molecular complexity index is 534. The number of hydrogen-bond acceptors (Lipinski definition) is 4. The van der Waals surface area contributed by atoms with E-state index in [1.807, 2.05) is 6.07 Å². The van der Waals surface area contributed by atoms with Gasteiger partial charge in [0.1, 0.15) is 6.04 Å². The normalized spacial score (nSPS) is 21.3. The van der Waals surface area contributed by atoms with Gasteiger partial charge in [0.15, 0.2) is 0 Å². The number of benzene rings is 1. The minimum Gasteiger partial charge on any atom is -0.480 e. The number of rotatable bonds is 4. The number of ether oxygens (including phenoxy) is 1. The maximum atomic E-state index is 12.2. The van der Waals surface area contributed by atoms with E-state index in [1.54, 1.807) is 25.3 Å². The molecule has 0 radical (unpaired) electrons. The molecule has 0 spiro atoms. The molecule has 0 aliphatic carbocycles. The third kappa shape index (κ3) is 3.71. The van der Waals surface area contributed by atoms with Crippen molar-refractivity contribution in [2.75, 3.05) is 19.0 Å². The number of amides is 2. The van der Waals surface area contributed by atoms with E-state index in [0.29, 0.717) is 12.3 Å². The second-order valence-corrected chi connectivity index (χ2v) is 4.96. The van der Waals surface area contributed by atoms with Gasteiger partial charge in [-0.3, -0.25) is 0 Å². The summed E-state index contributed by atoms with van der Waals surface area (Å²) in [6.07, 6.45) is -0.761. The molecule has 0 unspecified atom stereocenters. The number of methoxy groups -OCH3 is 1. The van der Waals surface area contributed by atoms with Gasteiger partial charge in [0.05, 0.1) is 12.7 Å². The highest BCUT2D eigenvalue weighted by Crippen LogP contribution is 2.20. The number of carboxylic acids is 1. The van der Waals surface area contributed by atoms with Crippen LogP contribution in [0.1, 0.15) is 12.0 Å². The van der Waals surface area contributed by atoms with Crippen molar-refractivity contribution in [1.29, 1.82) is 0 Å². The van der Waals surface area contributed by atoms with Crippen LogP contribution >= 0.6 is 0 Å². The van der Waals surface area contributed by atoms with Gasteiger partial charge in [0.25, 0.3) is 0 Å². The SMILES string of the molecule is COCc1cccc(NC(=O)N2C[C@@H](O)C[C@H]2C(=O)O)c1. The first-order valence-electron chi connectivity index (χ1n) is 6.57. The number of carboxylic acid groups (broad SMARTS) is 1. The maximum absolute atomic E-state index is 12.2. The van der Waals surface area contributed by atoms with E-state index in [1.165, 1.54) is 0 Å². The molecule has 21 heavy (non-hydrogen) atoms. The molecule has 3 N–H and O–H groups in total. The molecule has 114 valence electrons. The first kappa shape index (κ1) is 15.3. The predicted octanol–water partition coefficient (Wildman–Crippen LogP) is 0.885. The third-order valence-corrected chi connectivity index (χ3v) is 3.31. The van der Waals surface area contributed by atoms with Crippen LogP contribution in [0, 0.1) is 0 Å². The molecule has 1 aliphatic rings. The molecule has 1 heterocycles. The minimum atomic E-state index is -1.12. The zero-order valence-electron chi connectivity index (χ0n) is 11.7. The average molecular weight is 294 g/mol. The number of aliphatic hydroxyl groups is 1. The Kier molecular flexibility index (Phi) is 4.77. The van der Waals surface area contributed by atoms with Crippen molar-refractivity contribution in [2.45, 2.75) is 25.2 Å². The van der Waals surface area contributed by atoms with Crippen LogP contribution in [0.5, 0.6) is 0 Å². The Morgan fingerprint density at radius 3 is 2.90 bits per heavy atom. The van der Waals surface area contributed by atoms with Crippen molar-refractivity contribution >= 4 is 17.7 Å². The lowest BCUT2D eigenvalue weighted by Crippen LogP contribution is -2.43. The molecular weight excluding hydrogens is 276 g/mol. The summed E-state index contributed by atoms with van der Waals surface area (Å²) in [5.74, 6) is -1.12. The fourth-order valence-corrected chi connectivity index (χ4v) is 2.37. The van der Waals surface area contributed by atoms with Crippen molar-refractivity contribution in [3.8, 4) is 0 Å². The zero-order valence-corrected chi connectivity index (χ0v) is 11.7. The van der Waals surface area contributed by atoms with Gasteiger partial charge in [-0.1, -0.05) is 12.1 Å². The number of aliphatic hydroxyl groups excluding tert-OH is 1. The number of aliphatic carboxylic acids is 1. The Labute approximate surface area is 122 Å². The van der Waals surface area contributed by atoms with Gasteiger partial charge in [-0.2, -0.15) is 0 Å². The largest absolute Gasteiger partial charge is 0.480 e. The average Bonchev–Trinajstić information content (AvgIpc) is 2.82. The summed E-state index contributed by atoms with van der Waals surface area (Å²) in [5.41, 5.74) is 1.45. The Morgan fingerprint density at radius 2 is 2.24 bits per heavy atom. The van der Waals surface area contributed by atoms with E-state index in [0.717, 1.165) is 10.5 Å². The summed E-state index contributed by atoms with van der Waals surface area (Å²) in [6.45, 7) is 0.435. The molecule has 2 rings (SSSR count). The quantitative estimate of drug-likeness (QED) is 0.765. The highest BCUT2D eigenvalue weighted by Gasteiger charge is 2.38. The van der Waals surface area contributed by atoms with E-state index < -0.39 is 24.1 Å². The van der Waals surface area contributed by atoms with Crippen LogP contribution in [-0.2, 0) is 16.1 Å². The fourth-order valence-electron chi connectivity index (χ4n) is 2.37. The predicted molar refractivity (Wildman–Crippen MR) is 74.9 cm³/mol. The molecule has 7 heteroatoms. The topological polar surface area (TPSA) is 99.1 Å². The van der Waals surface area contributed by atoms with Crippen LogP contribution in [-0.4, -0.2) is 52.9 Å². The van der Waals surface area contributed by atoms with Gasteiger partial charge < -0.3 is 25.2 Å². The molecule has 2 atom stereocenters. The van der Waals surface area contributed by atoms with Gasteiger partial charge in [0, 0.05) is 25.8 Å². The van der Waals surface area contributed by atoms with E-state index >= 15 is 0 Å². The highest BCUT2D eigenvalue weighted by atomic mass is 16.5. The van der Waals surface area contributed by atoms with Crippen molar-refractivity contribution in [3.63, 3.8) is 0 Å². The molecule has 1 saturated heterocycles. The number of nitrogens with zero attached hydrogens (tertiary/aromatic N) is 1. The van der Waals surface area contributed by atoms with Crippen LogP contribution in [0.4, 0.5) is 10.5 Å². The molecular formula is C14H18N2O5. The maximum Gasteiger partial charge on any atom is 0.326 e. The minimum absolute atomic E-state index is 0.0144. The van der Waals surface area contributed by atoms with E-state index in [2.05, 4.69) is 5.32 Å². The molecule has 2 amide bonds. The number of anilines is 1. The standard InChI is InChI=1S/C14H18N2O5/c1-21-8-9-3-2-4-10(5-9)15-14(20)16-7-11(17)6-12(16)13(18)19/h2-5,11-12,17H,6-8H2,1H3,(H,15,20)(H,18,19)/t11-,12-/m0/s1. The van der Waals surface area contributed by atoms with Crippen LogP contribution in [0.15, 0.2) is 24.3 Å². The van der Waals surface area contributed by atoms with Crippen LogP contribution < -0.4 is 5.32 Å². The number of β-amino-alcohol motifs (C(OH)–C–C–N with tert-alkyl or cyclic N) is 1. The molecule has 0 aromatic heterocycles. The second-order valence-electron chi connectivity index (χ2n) is 4.96. The zero-order chi connectivity index (χ0) is 15.4. The first-order chi connectivity index (χ1) is 10.0. The lowest BCUT2D eigenvalue weighted by Gasteiger charge is -2.21. The number of carbonyl (C=O) groups excluding carboxylic acids is 1. The van der Waals surface area contributed by atoms with Crippen molar-refractivity contribution in [3.05, 3.63) is 29.8 Å². The van der Waals surface area contributed by atoms with Gasteiger partial charge >= 0.3 is 12.0 Å². The van der Waals surface area contributed by atoms with Gasteiger partial charge in [-0.15, -0.1) is 0 Å². The van der Waals surface area contributed by atoms with Crippen LogP contribution in [0.25, 0.3) is 0 Å². The molecule has 7 nitrogen and oxygen atoms in total. The lowest BCUT2D eigenvalue weighted by atomic mass is 10.2. The number of likely N-dealkylation sites (tertiary alicyclic amines) is 1. The first-order valence-corrected chi connectivity index (χ1v) is 6.57. The fraction of sp³-hybridized carbons (Fsp3) is 0.429. The second kappa shape index (κ2) is 6.55. The van der Waals surface area contributed by atoms with Crippen LogP contribution in [0.2, 0.25) is 0 Å². The van der Waals surface area contributed by atoms with E-state index in [-0.39, 0.29) is 13.0 Å². The van der Waals surface area contributed by atoms with Crippen molar-refractivity contribution in [2.24, 2.45) is 0 Å². The van der Waals surface area contributed by atoms with Gasteiger partial charge in [-0.05, 0) is 17.7 Å². The Balaban J connectivity index is 2.07. The molecule has 1 fully saturated rings. The number of hydrogen-bond donors (Lipinski definition) is 3. The molecule has 1 aromatic carbocycles. The smallest absolute Gasteiger partial charge is 0.326 e. The molecule has 0 bridgehead atoms. The summed E-state index contributed by atoms with van der Waals surface area (Å²) in [4.78, 5) is 24.4. The number of nitrogens with one attached hydrogen (secondary N) is 1. The Hall–Kier alpha value is -2.12. The van der Waals surface area contributed by atoms with E-state index in [4.69, 9.17) is 9.84 Å². The lowest BCUT2D eigenvalue weighted by molar-refractivity contribution is -0.141. The highest BCUT2D eigenvalue weighted by molar-refractivity contribution is 5.92. The molecule has 1 aromatic rings. The van der Waals surface area contributed by atoms with Crippen molar-refractivity contribution < 1.29 is 24.5 Å². The van der Waals surface area contributed by atoms with Gasteiger partial charge in [0.2, 0.25) is 0 Å². The van der Waals surface area contributed by atoms with E-state index in [9.17, 15) is 14.7 Å². The van der Waals surface area contributed by atoms with Crippen LogP contribution in [0.3, 0.4) is 0 Å². The number of carbonyl (C=O) groups is 2. The summed E-state index contributed by atoms with van der Waals surface area (Å²) in [6, 6.07) is 5.56. The summed E-state index contributed by atoms with van der Waals surface area (Å²) in [5, 5.41) is 21.3. The summed E-state index contributed by atoms with van der Waals surface area (Å²) in [7, 11) is 1.58. The number of urea groups is 1. The third-order valence-electron chi connectivity index (χ3n) is 3.31. The molecule has 1 aliphatic heterocycles. The monoisotopic (exact) mass is 294 g/mol. The Morgan fingerprint density at radius 1 is 1.48 bits per heavy atom.